The third-order valence-electron chi connectivity index (χ3n) is 4.36. The molecule has 2 aromatic carbocycles. The van der Waals surface area contributed by atoms with Gasteiger partial charge in [0, 0.05) is 17.3 Å². The molecule has 0 unspecified atom stereocenters. The van der Waals surface area contributed by atoms with Crippen LogP contribution < -0.4 is 20.1 Å². The summed E-state index contributed by atoms with van der Waals surface area (Å²) >= 11 is 0. The lowest BCUT2D eigenvalue weighted by Gasteiger charge is -2.13. The number of amides is 2. The number of anilines is 1. The van der Waals surface area contributed by atoms with E-state index in [1.165, 1.54) is 32.6 Å². The lowest BCUT2D eigenvalue weighted by atomic mass is 10.1. The van der Waals surface area contributed by atoms with Gasteiger partial charge in [0.25, 0.3) is 11.8 Å². The minimum atomic E-state index is -0.478. The summed E-state index contributed by atoms with van der Waals surface area (Å²) in [6.07, 6.45) is 2.95. The van der Waals surface area contributed by atoms with Gasteiger partial charge in [0.15, 0.2) is 11.5 Å². The van der Waals surface area contributed by atoms with E-state index in [1.54, 1.807) is 30.3 Å². The van der Waals surface area contributed by atoms with Crippen LogP contribution in [-0.4, -0.2) is 26.0 Å². The Morgan fingerprint density at radius 1 is 0.967 bits per heavy atom. The minimum Gasteiger partial charge on any atom is -0.493 e. The number of hydrogen-bond donors (Lipinski definition) is 2. The van der Waals surface area contributed by atoms with Crippen LogP contribution in [0.15, 0.2) is 71.0 Å². The quantitative estimate of drug-likeness (QED) is 0.579. The number of hydrogen-bond acceptors (Lipinski definition) is 5. The first kappa shape index (κ1) is 20.7. The summed E-state index contributed by atoms with van der Waals surface area (Å²) in [5.41, 5.74) is 1.89. The maximum absolute atomic E-state index is 12.9. The number of para-hydroxylation sites is 1. The number of nitrogens with one attached hydrogen (secondary N) is 2. The molecule has 7 heteroatoms. The molecule has 30 heavy (non-hydrogen) atoms. The Morgan fingerprint density at radius 2 is 1.73 bits per heavy atom. The number of furan rings is 1. The zero-order valence-electron chi connectivity index (χ0n) is 16.9. The summed E-state index contributed by atoms with van der Waals surface area (Å²) in [7, 11) is 3.00. The van der Waals surface area contributed by atoms with Crippen molar-refractivity contribution in [3.63, 3.8) is 0 Å². The van der Waals surface area contributed by atoms with Crippen LogP contribution in [0.2, 0.25) is 0 Å². The molecule has 2 N–H and O–H groups in total. The van der Waals surface area contributed by atoms with Gasteiger partial charge < -0.3 is 24.5 Å². The molecule has 0 spiro atoms. The van der Waals surface area contributed by atoms with Crippen molar-refractivity contribution in [3.8, 4) is 11.5 Å². The number of aryl methyl sites for hydroxylation is 1. The monoisotopic (exact) mass is 406 g/mol. The van der Waals surface area contributed by atoms with Crippen molar-refractivity contribution in [2.75, 3.05) is 19.5 Å². The number of carbonyl (C=O) groups is 2. The first-order valence-corrected chi connectivity index (χ1v) is 9.17. The van der Waals surface area contributed by atoms with Gasteiger partial charge >= 0.3 is 0 Å². The highest BCUT2D eigenvalue weighted by Gasteiger charge is 2.17. The van der Waals surface area contributed by atoms with Gasteiger partial charge in [0.1, 0.15) is 11.5 Å². The van der Waals surface area contributed by atoms with Crippen LogP contribution in [0.4, 0.5) is 5.69 Å². The molecule has 154 valence electrons. The van der Waals surface area contributed by atoms with Crippen LogP contribution in [-0.2, 0) is 4.79 Å². The average Bonchev–Trinajstić information content (AvgIpc) is 3.27. The minimum absolute atomic E-state index is 0.0352. The first-order chi connectivity index (χ1) is 14.5. The zero-order valence-corrected chi connectivity index (χ0v) is 16.9. The van der Waals surface area contributed by atoms with E-state index >= 15 is 0 Å². The molecular weight excluding hydrogens is 384 g/mol. The summed E-state index contributed by atoms with van der Waals surface area (Å²) in [6.45, 7) is 1.88. The normalized spacial score (nSPS) is 11.0. The maximum Gasteiger partial charge on any atom is 0.272 e. The SMILES string of the molecule is COc1ccc(C(=O)N/C(=C\c2ccco2)C(=O)Nc2ccccc2C)cc1OC. The second-order valence-corrected chi connectivity index (χ2v) is 6.37. The molecule has 0 aliphatic rings. The van der Waals surface area contributed by atoms with E-state index in [0.717, 1.165) is 5.56 Å². The summed E-state index contributed by atoms with van der Waals surface area (Å²) < 4.78 is 15.7. The number of benzene rings is 2. The third kappa shape index (κ3) is 4.88. The van der Waals surface area contributed by atoms with Gasteiger partial charge in [-0.2, -0.15) is 0 Å². The van der Waals surface area contributed by atoms with Crippen molar-refractivity contribution >= 4 is 23.6 Å². The third-order valence-corrected chi connectivity index (χ3v) is 4.36. The van der Waals surface area contributed by atoms with Crippen molar-refractivity contribution in [1.82, 2.24) is 5.32 Å². The fourth-order valence-corrected chi connectivity index (χ4v) is 2.75. The standard InChI is InChI=1S/C23H22N2O5/c1-15-7-4-5-9-18(15)24-23(27)19(14-17-8-6-12-30-17)25-22(26)16-10-11-20(28-2)21(13-16)29-3/h4-14H,1-3H3,(H,24,27)(H,25,26)/b19-14-. The predicted octanol–water partition coefficient (Wildman–Crippen LogP) is 4.01. The molecule has 1 heterocycles. The van der Waals surface area contributed by atoms with Gasteiger partial charge in [-0.15, -0.1) is 0 Å². The second-order valence-electron chi connectivity index (χ2n) is 6.37. The van der Waals surface area contributed by atoms with Crippen LogP contribution in [0, 0.1) is 6.92 Å². The Hall–Kier alpha value is -4.00. The van der Waals surface area contributed by atoms with E-state index in [-0.39, 0.29) is 5.70 Å². The van der Waals surface area contributed by atoms with Gasteiger partial charge in [0.05, 0.1) is 20.5 Å². The maximum atomic E-state index is 12.9. The van der Waals surface area contributed by atoms with Crippen molar-refractivity contribution in [3.05, 3.63) is 83.4 Å². The summed E-state index contributed by atoms with van der Waals surface area (Å²) in [6, 6.07) is 15.5. The Morgan fingerprint density at radius 3 is 2.40 bits per heavy atom. The molecule has 0 saturated carbocycles. The fourth-order valence-electron chi connectivity index (χ4n) is 2.75. The van der Waals surface area contributed by atoms with Crippen molar-refractivity contribution in [1.29, 1.82) is 0 Å². The molecule has 0 fully saturated rings. The van der Waals surface area contributed by atoms with Crippen LogP contribution in [0.5, 0.6) is 11.5 Å². The Balaban J connectivity index is 1.87. The molecule has 1 aromatic heterocycles. The number of methoxy groups -OCH3 is 2. The van der Waals surface area contributed by atoms with Crippen molar-refractivity contribution < 1.29 is 23.5 Å². The van der Waals surface area contributed by atoms with E-state index in [9.17, 15) is 9.59 Å². The Labute approximate surface area is 174 Å². The lowest BCUT2D eigenvalue weighted by molar-refractivity contribution is -0.113. The first-order valence-electron chi connectivity index (χ1n) is 9.17. The van der Waals surface area contributed by atoms with E-state index in [1.807, 2.05) is 25.1 Å². The highest BCUT2D eigenvalue weighted by molar-refractivity contribution is 6.10. The van der Waals surface area contributed by atoms with Gasteiger partial charge in [-0.25, -0.2) is 0 Å². The molecule has 0 aliphatic heterocycles. The summed E-state index contributed by atoms with van der Waals surface area (Å²) in [4.78, 5) is 25.7. The summed E-state index contributed by atoms with van der Waals surface area (Å²) in [5.74, 6) is 0.379. The number of rotatable bonds is 7. The second kappa shape index (κ2) is 9.47. The van der Waals surface area contributed by atoms with Crippen LogP contribution >= 0.6 is 0 Å². The topological polar surface area (TPSA) is 89.8 Å². The Bertz CT molecular complexity index is 1070. The average molecular weight is 406 g/mol. The lowest BCUT2D eigenvalue weighted by Crippen LogP contribution is -2.30. The van der Waals surface area contributed by atoms with Gasteiger partial charge in [-0.05, 0) is 48.9 Å². The molecule has 2 amide bonds. The highest BCUT2D eigenvalue weighted by atomic mass is 16.5. The van der Waals surface area contributed by atoms with Gasteiger partial charge in [-0.1, -0.05) is 18.2 Å². The largest absolute Gasteiger partial charge is 0.493 e. The predicted molar refractivity (Wildman–Crippen MR) is 114 cm³/mol. The van der Waals surface area contributed by atoms with E-state index < -0.39 is 11.8 Å². The van der Waals surface area contributed by atoms with Crippen molar-refractivity contribution in [2.24, 2.45) is 0 Å². The molecule has 0 atom stereocenters. The zero-order chi connectivity index (χ0) is 21.5. The fraction of sp³-hybridized carbons (Fsp3) is 0.130. The molecule has 0 aliphatic carbocycles. The van der Waals surface area contributed by atoms with Gasteiger partial charge in [-0.3, -0.25) is 9.59 Å². The van der Waals surface area contributed by atoms with Crippen LogP contribution in [0.3, 0.4) is 0 Å². The van der Waals surface area contributed by atoms with Gasteiger partial charge in [0.2, 0.25) is 0 Å². The molecule has 0 radical (unpaired) electrons. The highest BCUT2D eigenvalue weighted by Crippen LogP contribution is 2.27. The molecule has 3 rings (SSSR count). The van der Waals surface area contributed by atoms with Crippen LogP contribution in [0.25, 0.3) is 6.08 Å². The van der Waals surface area contributed by atoms with Crippen molar-refractivity contribution in [2.45, 2.75) is 6.92 Å². The van der Waals surface area contributed by atoms with Crippen LogP contribution in [0.1, 0.15) is 21.7 Å². The Kier molecular flexibility index (Phi) is 6.54. The number of carbonyl (C=O) groups excluding carboxylic acids is 2. The smallest absolute Gasteiger partial charge is 0.272 e. The number of ether oxygens (including phenoxy) is 2. The molecule has 0 saturated heterocycles. The van der Waals surface area contributed by atoms with E-state index in [2.05, 4.69) is 10.6 Å². The van der Waals surface area contributed by atoms with E-state index in [4.69, 9.17) is 13.9 Å². The molecule has 7 nitrogen and oxygen atoms in total. The molecule has 0 bridgehead atoms. The molecule has 3 aromatic rings. The molecular formula is C23H22N2O5. The summed E-state index contributed by atoms with van der Waals surface area (Å²) in [5, 5.41) is 5.47. The van der Waals surface area contributed by atoms with E-state index in [0.29, 0.717) is 28.5 Å².